The number of anilines is 1. The normalized spacial score (nSPS) is 16.3. The number of carbonyl (C=O) groups excluding carboxylic acids is 1. The van der Waals surface area contributed by atoms with Crippen LogP contribution in [0.3, 0.4) is 0 Å². The number of hydrogen-bond acceptors (Lipinski definition) is 2. The Hall–Kier alpha value is -1.35. The lowest BCUT2D eigenvalue weighted by atomic mass is 9.97. The second kappa shape index (κ2) is 6.71. The zero-order chi connectivity index (χ0) is 13.7. The van der Waals surface area contributed by atoms with Crippen LogP contribution in [0.5, 0.6) is 0 Å². The molecule has 1 saturated heterocycles. The summed E-state index contributed by atoms with van der Waals surface area (Å²) in [6.45, 7) is 6.23. The molecule has 104 valence electrons. The molecular weight excluding hydrogens is 236 g/mol. The van der Waals surface area contributed by atoms with Crippen LogP contribution in [0.1, 0.15) is 37.8 Å². The van der Waals surface area contributed by atoms with Crippen molar-refractivity contribution in [3.8, 4) is 0 Å². The lowest BCUT2D eigenvalue weighted by molar-refractivity contribution is -0.120. The third-order valence-electron chi connectivity index (χ3n) is 3.95. The molecule has 0 aliphatic carbocycles. The molecule has 0 atom stereocenters. The van der Waals surface area contributed by atoms with E-state index in [4.69, 9.17) is 0 Å². The molecule has 1 amide bonds. The Morgan fingerprint density at radius 1 is 1.21 bits per heavy atom. The maximum Gasteiger partial charge on any atom is 0.227 e. The van der Waals surface area contributed by atoms with E-state index in [2.05, 4.69) is 36.6 Å². The topological polar surface area (TPSA) is 41.1 Å². The van der Waals surface area contributed by atoms with Crippen molar-refractivity contribution in [2.45, 2.75) is 39.5 Å². The molecule has 19 heavy (non-hydrogen) atoms. The summed E-state index contributed by atoms with van der Waals surface area (Å²) in [4.78, 5) is 12.2. The lowest BCUT2D eigenvalue weighted by Crippen LogP contribution is -2.34. The van der Waals surface area contributed by atoms with E-state index < -0.39 is 0 Å². The second-order valence-electron chi connectivity index (χ2n) is 5.20. The van der Waals surface area contributed by atoms with Gasteiger partial charge < -0.3 is 10.6 Å². The molecule has 1 aromatic carbocycles. The summed E-state index contributed by atoms with van der Waals surface area (Å²) in [5.41, 5.74) is 3.66. The number of nitrogens with one attached hydrogen (secondary N) is 2. The van der Waals surface area contributed by atoms with Crippen LogP contribution < -0.4 is 10.6 Å². The number of piperidine rings is 1. The van der Waals surface area contributed by atoms with Gasteiger partial charge in [0.15, 0.2) is 0 Å². The molecule has 3 nitrogen and oxygen atoms in total. The van der Waals surface area contributed by atoms with Gasteiger partial charge in [-0.3, -0.25) is 4.79 Å². The molecular formula is C16H24N2O. The summed E-state index contributed by atoms with van der Waals surface area (Å²) in [7, 11) is 0. The number of carbonyl (C=O) groups is 1. The van der Waals surface area contributed by atoms with E-state index in [0.717, 1.165) is 44.5 Å². The van der Waals surface area contributed by atoms with Gasteiger partial charge in [0, 0.05) is 11.6 Å². The van der Waals surface area contributed by atoms with Crippen LogP contribution in [0, 0.1) is 5.92 Å². The third-order valence-corrected chi connectivity index (χ3v) is 3.95. The Kier molecular flexibility index (Phi) is 4.97. The van der Waals surface area contributed by atoms with E-state index in [9.17, 15) is 4.79 Å². The highest BCUT2D eigenvalue weighted by Crippen LogP contribution is 2.19. The first-order valence-corrected chi connectivity index (χ1v) is 7.38. The quantitative estimate of drug-likeness (QED) is 0.874. The van der Waals surface area contributed by atoms with Crippen LogP contribution >= 0.6 is 0 Å². The first-order chi connectivity index (χ1) is 9.24. The summed E-state index contributed by atoms with van der Waals surface area (Å²) >= 11 is 0. The molecule has 3 heteroatoms. The predicted molar refractivity (Wildman–Crippen MR) is 79.4 cm³/mol. The molecule has 0 saturated carbocycles. The highest BCUT2D eigenvalue weighted by molar-refractivity contribution is 5.92. The predicted octanol–water partition coefficient (Wildman–Crippen LogP) is 2.75. The van der Waals surface area contributed by atoms with E-state index >= 15 is 0 Å². The third kappa shape index (κ3) is 3.57. The second-order valence-corrected chi connectivity index (χ2v) is 5.20. The SMILES string of the molecule is CCc1ccc(NC(=O)C2CCNCC2)cc1CC. The van der Waals surface area contributed by atoms with Gasteiger partial charge in [0.2, 0.25) is 5.91 Å². The number of aryl methyl sites for hydroxylation is 2. The minimum Gasteiger partial charge on any atom is -0.326 e. The minimum atomic E-state index is 0.164. The molecule has 0 bridgehead atoms. The van der Waals surface area contributed by atoms with Gasteiger partial charge in [0.1, 0.15) is 0 Å². The molecule has 1 aliphatic heterocycles. The van der Waals surface area contributed by atoms with E-state index in [1.807, 2.05) is 6.07 Å². The minimum absolute atomic E-state index is 0.164. The molecule has 1 fully saturated rings. The number of amides is 1. The van der Waals surface area contributed by atoms with E-state index in [-0.39, 0.29) is 11.8 Å². The largest absolute Gasteiger partial charge is 0.326 e. The van der Waals surface area contributed by atoms with Crippen LogP contribution in [0.25, 0.3) is 0 Å². The molecule has 1 heterocycles. The van der Waals surface area contributed by atoms with Crippen molar-refractivity contribution in [3.63, 3.8) is 0 Å². The van der Waals surface area contributed by atoms with Gasteiger partial charge in [-0.05, 0) is 62.0 Å². The van der Waals surface area contributed by atoms with Crippen molar-refractivity contribution >= 4 is 11.6 Å². The summed E-state index contributed by atoms with van der Waals surface area (Å²) < 4.78 is 0. The number of rotatable bonds is 4. The zero-order valence-electron chi connectivity index (χ0n) is 12.0. The summed E-state index contributed by atoms with van der Waals surface area (Å²) in [5, 5.41) is 6.36. The Balaban J connectivity index is 2.03. The monoisotopic (exact) mass is 260 g/mol. The Bertz CT molecular complexity index is 436. The highest BCUT2D eigenvalue weighted by atomic mass is 16.1. The first kappa shape index (κ1) is 14.1. The van der Waals surface area contributed by atoms with Crippen molar-refractivity contribution in [1.82, 2.24) is 5.32 Å². The molecule has 1 aliphatic rings. The Morgan fingerprint density at radius 2 is 1.89 bits per heavy atom. The molecule has 2 N–H and O–H groups in total. The highest BCUT2D eigenvalue weighted by Gasteiger charge is 2.20. The average Bonchev–Trinajstić information content (AvgIpc) is 2.48. The van der Waals surface area contributed by atoms with Crippen LogP contribution in [0.4, 0.5) is 5.69 Å². The summed E-state index contributed by atoms with van der Waals surface area (Å²) in [6.07, 6.45) is 3.95. The van der Waals surface area contributed by atoms with Crippen LogP contribution in [-0.2, 0) is 17.6 Å². The van der Waals surface area contributed by atoms with E-state index in [1.54, 1.807) is 0 Å². The van der Waals surface area contributed by atoms with E-state index in [0.29, 0.717) is 0 Å². The van der Waals surface area contributed by atoms with Crippen molar-refractivity contribution in [3.05, 3.63) is 29.3 Å². The van der Waals surface area contributed by atoms with Crippen molar-refractivity contribution < 1.29 is 4.79 Å². The van der Waals surface area contributed by atoms with Crippen LogP contribution in [0.2, 0.25) is 0 Å². The first-order valence-electron chi connectivity index (χ1n) is 7.38. The molecule has 1 aromatic rings. The Labute approximate surface area is 115 Å². The lowest BCUT2D eigenvalue weighted by Gasteiger charge is -2.22. The maximum absolute atomic E-state index is 12.2. The zero-order valence-corrected chi connectivity index (χ0v) is 12.0. The summed E-state index contributed by atoms with van der Waals surface area (Å²) in [6, 6.07) is 6.28. The van der Waals surface area contributed by atoms with Crippen LogP contribution in [0.15, 0.2) is 18.2 Å². The smallest absolute Gasteiger partial charge is 0.227 e. The van der Waals surface area contributed by atoms with Crippen molar-refractivity contribution in [1.29, 1.82) is 0 Å². The molecule has 0 aromatic heterocycles. The molecule has 0 spiro atoms. The van der Waals surface area contributed by atoms with Gasteiger partial charge in [-0.25, -0.2) is 0 Å². The van der Waals surface area contributed by atoms with Gasteiger partial charge in [-0.1, -0.05) is 19.9 Å². The van der Waals surface area contributed by atoms with E-state index in [1.165, 1.54) is 11.1 Å². The Morgan fingerprint density at radius 3 is 2.53 bits per heavy atom. The fraction of sp³-hybridized carbons (Fsp3) is 0.562. The van der Waals surface area contributed by atoms with Crippen molar-refractivity contribution in [2.75, 3.05) is 18.4 Å². The summed E-state index contributed by atoms with van der Waals surface area (Å²) in [5.74, 6) is 0.338. The van der Waals surface area contributed by atoms with Gasteiger partial charge in [0.05, 0.1) is 0 Å². The number of hydrogen-bond donors (Lipinski definition) is 2. The van der Waals surface area contributed by atoms with Gasteiger partial charge in [-0.2, -0.15) is 0 Å². The van der Waals surface area contributed by atoms with Crippen molar-refractivity contribution in [2.24, 2.45) is 5.92 Å². The van der Waals surface area contributed by atoms with Gasteiger partial charge >= 0.3 is 0 Å². The fourth-order valence-electron chi connectivity index (χ4n) is 2.71. The number of benzene rings is 1. The average molecular weight is 260 g/mol. The maximum atomic E-state index is 12.2. The van der Waals surface area contributed by atoms with Gasteiger partial charge in [0.25, 0.3) is 0 Å². The molecule has 2 rings (SSSR count). The standard InChI is InChI=1S/C16H24N2O/c1-3-12-5-6-15(11-13(12)4-2)18-16(19)14-7-9-17-10-8-14/h5-6,11,14,17H,3-4,7-10H2,1-2H3,(H,18,19). The fourth-order valence-corrected chi connectivity index (χ4v) is 2.71. The van der Waals surface area contributed by atoms with Crippen LogP contribution in [-0.4, -0.2) is 19.0 Å². The van der Waals surface area contributed by atoms with Gasteiger partial charge in [-0.15, -0.1) is 0 Å². The molecule has 0 radical (unpaired) electrons. The molecule has 0 unspecified atom stereocenters.